The molecule has 2 aromatic rings. The second-order valence-corrected chi connectivity index (χ2v) is 5.93. The first-order chi connectivity index (χ1) is 12.6. The van der Waals surface area contributed by atoms with Crippen LogP contribution in [0.5, 0.6) is 0 Å². The Hall–Kier alpha value is -3.16. The van der Waals surface area contributed by atoms with E-state index in [9.17, 15) is 28.1 Å². The van der Waals surface area contributed by atoms with E-state index in [1.807, 2.05) is 0 Å². The summed E-state index contributed by atoms with van der Waals surface area (Å²) in [6.07, 6.45) is -1.99. The van der Waals surface area contributed by atoms with Gasteiger partial charge in [0.05, 0.1) is 16.5 Å². The minimum atomic E-state index is -4.46. The van der Waals surface area contributed by atoms with Crippen molar-refractivity contribution in [3.63, 3.8) is 0 Å². The van der Waals surface area contributed by atoms with Crippen LogP contribution in [-0.4, -0.2) is 22.8 Å². The van der Waals surface area contributed by atoms with Crippen LogP contribution in [0, 0.1) is 10.1 Å². The van der Waals surface area contributed by atoms with E-state index in [1.54, 1.807) is 13.0 Å². The van der Waals surface area contributed by atoms with E-state index in [4.69, 9.17) is 0 Å². The topological polar surface area (TPSA) is 63.5 Å². The molecule has 2 aromatic carbocycles. The molecule has 1 atom stereocenters. The van der Waals surface area contributed by atoms with Crippen LogP contribution >= 0.6 is 0 Å². The van der Waals surface area contributed by atoms with Crippen molar-refractivity contribution >= 4 is 17.7 Å². The predicted molar refractivity (Wildman–Crippen MR) is 94.8 cm³/mol. The number of carbonyl (C=O) groups is 1. The molecule has 0 N–H and O–H groups in total. The molecule has 0 aliphatic heterocycles. The first kappa shape index (κ1) is 20.2. The smallest absolute Gasteiger partial charge is 0.335 e. The maximum atomic E-state index is 12.7. The second kappa shape index (κ2) is 8.03. The van der Waals surface area contributed by atoms with Crippen LogP contribution in [0.15, 0.2) is 54.6 Å². The van der Waals surface area contributed by atoms with Crippen molar-refractivity contribution in [3.8, 4) is 0 Å². The molecule has 0 aromatic heterocycles. The minimum Gasteiger partial charge on any atom is -0.335 e. The molecular weight excluding hydrogens is 361 g/mol. The van der Waals surface area contributed by atoms with Gasteiger partial charge in [0.1, 0.15) is 0 Å². The lowest BCUT2D eigenvalue weighted by molar-refractivity contribution is -0.384. The molecule has 0 heterocycles. The number of nitrogens with zero attached hydrogens (tertiary/aromatic N) is 2. The highest BCUT2D eigenvalue weighted by Gasteiger charge is 2.30. The molecule has 0 aliphatic carbocycles. The highest BCUT2D eigenvalue weighted by atomic mass is 19.4. The van der Waals surface area contributed by atoms with Crippen LogP contribution in [0.25, 0.3) is 6.08 Å². The van der Waals surface area contributed by atoms with Gasteiger partial charge in [0, 0.05) is 25.3 Å². The molecule has 0 fully saturated rings. The number of benzene rings is 2. The summed E-state index contributed by atoms with van der Waals surface area (Å²) in [5.41, 5.74) is -0.0581. The van der Waals surface area contributed by atoms with Crippen LogP contribution in [0.4, 0.5) is 18.9 Å². The summed E-state index contributed by atoms with van der Waals surface area (Å²) in [7, 11) is 1.52. The van der Waals surface area contributed by atoms with Crippen LogP contribution in [0.1, 0.15) is 29.7 Å². The van der Waals surface area contributed by atoms with Gasteiger partial charge in [-0.1, -0.05) is 24.3 Å². The lowest BCUT2D eigenvalue weighted by atomic mass is 10.1. The van der Waals surface area contributed by atoms with E-state index < -0.39 is 28.6 Å². The number of alkyl halides is 3. The number of nitro groups is 1. The van der Waals surface area contributed by atoms with E-state index >= 15 is 0 Å². The maximum Gasteiger partial charge on any atom is 0.416 e. The number of hydrogen-bond donors (Lipinski definition) is 0. The van der Waals surface area contributed by atoms with Crippen molar-refractivity contribution in [1.29, 1.82) is 0 Å². The van der Waals surface area contributed by atoms with E-state index in [0.717, 1.165) is 12.1 Å². The zero-order valence-electron chi connectivity index (χ0n) is 14.6. The summed E-state index contributed by atoms with van der Waals surface area (Å²) >= 11 is 0. The van der Waals surface area contributed by atoms with Gasteiger partial charge in [0.15, 0.2) is 0 Å². The summed E-state index contributed by atoms with van der Waals surface area (Å²) in [6, 6.07) is 10.1. The van der Waals surface area contributed by atoms with Gasteiger partial charge in [-0.3, -0.25) is 14.9 Å². The number of hydrogen-bond acceptors (Lipinski definition) is 3. The molecular formula is C19H17F3N2O3. The Morgan fingerprint density at radius 1 is 1.19 bits per heavy atom. The van der Waals surface area contributed by atoms with Gasteiger partial charge in [-0.05, 0) is 36.3 Å². The van der Waals surface area contributed by atoms with Crippen LogP contribution in [0.2, 0.25) is 0 Å². The minimum absolute atomic E-state index is 0.0836. The van der Waals surface area contributed by atoms with Crippen molar-refractivity contribution in [3.05, 3.63) is 81.4 Å². The Bertz CT molecular complexity index is 878. The fourth-order valence-electron chi connectivity index (χ4n) is 2.42. The zero-order valence-corrected chi connectivity index (χ0v) is 14.6. The molecule has 0 bridgehead atoms. The first-order valence-electron chi connectivity index (χ1n) is 7.96. The van der Waals surface area contributed by atoms with Crippen LogP contribution < -0.4 is 0 Å². The second-order valence-electron chi connectivity index (χ2n) is 5.93. The number of amides is 1. The predicted octanol–water partition coefficient (Wildman–Crippen LogP) is 4.85. The molecule has 1 amide bonds. The average molecular weight is 378 g/mol. The number of nitro benzene ring substituents is 1. The summed E-state index contributed by atoms with van der Waals surface area (Å²) in [4.78, 5) is 24.0. The van der Waals surface area contributed by atoms with E-state index in [-0.39, 0.29) is 11.3 Å². The Morgan fingerprint density at radius 2 is 1.85 bits per heavy atom. The zero-order chi connectivity index (χ0) is 20.2. The van der Waals surface area contributed by atoms with Crippen molar-refractivity contribution in [2.24, 2.45) is 0 Å². The van der Waals surface area contributed by atoms with Crippen molar-refractivity contribution in [2.75, 3.05) is 7.05 Å². The maximum absolute atomic E-state index is 12.7. The third kappa shape index (κ3) is 5.16. The standard InChI is InChI=1S/C19H17F3N2O3/c1-13(15-6-4-8-17(12-15)24(26)27)23(2)18(25)10-9-14-5-3-7-16(11-14)19(20,21)22/h3-13H,1-2H3/b10-9+/t13-/m1/s1. The number of non-ortho nitro benzene ring substituents is 1. The highest BCUT2D eigenvalue weighted by molar-refractivity contribution is 5.91. The van der Waals surface area contributed by atoms with Gasteiger partial charge in [0.2, 0.25) is 5.91 Å². The fourth-order valence-corrected chi connectivity index (χ4v) is 2.42. The molecule has 0 spiro atoms. The highest BCUT2D eigenvalue weighted by Crippen LogP contribution is 2.30. The van der Waals surface area contributed by atoms with E-state index in [0.29, 0.717) is 5.56 Å². The third-order valence-electron chi connectivity index (χ3n) is 4.12. The third-order valence-corrected chi connectivity index (χ3v) is 4.12. The lowest BCUT2D eigenvalue weighted by Crippen LogP contribution is -2.28. The average Bonchev–Trinajstić information content (AvgIpc) is 2.64. The summed E-state index contributed by atoms with van der Waals surface area (Å²) in [5.74, 6) is -0.439. The van der Waals surface area contributed by atoms with Gasteiger partial charge in [-0.15, -0.1) is 0 Å². The van der Waals surface area contributed by atoms with Gasteiger partial charge >= 0.3 is 6.18 Å². The number of rotatable bonds is 5. The molecule has 0 radical (unpaired) electrons. The van der Waals surface area contributed by atoms with E-state index in [2.05, 4.69) is 0 Å². The Balaban J connectivity index is 2.14. The summed E-state index contributed by atoms with van der Waals surface area (Å²) in [5, 5.41) is 10.9. The summed E-state index contributed by atoms with van der Waals surface area (Å²) < 4.78 is 38.2. The number of carbonyl (C=O) groups excluding carboxylic acids is 1. The van der Waals surface area contributed by atoms with Crippen LogP contribution in [0.3, 0.4) is 0 Å². The molecule has 0 saturated carbocycles. The normalized spacial score (nSPS) is 12.8. The molecule has 0 aliphatic rings. The van der Waals surface area contributed by atoms with Gasteiger partial charge in [-0.25, -0.2) is 0 Å². The Morgan fingerprint density at radius 3 is 2.48 bits per heavy atom. The van der Waals surface area contributed by atoms with E-state index in [1.165, 1.54) is 54.4 Å². The van der Waals surface area contributed by atoms with Crippen LogP contribution in [-0.2, 0) is 11.0 Å². The SMILES string of the molecule is C[C@H](c1cccc([N+](=O)[O-])c1)N(C)C(=O)/C=C/c1cccc(C(F)(F)F)c1. The molecule has 0 unspecified atom stereocenters. The monoisotopic (exact) mass is 378 g/mol. The molecule has 5 nitrogen and oxygen atoms in total. The van der Waals surface area contributed by atoms with Crippen molar-refractivity contribution in [2.45, 2.75) is 19.1 Å². The van der Waals surface area contributed by atoms with Gasteiger partial charge < -0.3 is 4.90 Å². The molecule has 27 heavy (non-hydrogen) atoms. The molecule has 8 heteroatoms. The van der Waals surface area contributed by atoms with Gasteiger partial charge in [0.25, 0.3) is 5.69 Å². The molecule has 2 rings (SSSR count). The Kier molecular flexibility index (Phi) is 5.99. The lowest BCUT2D eigenvalue weighted by Gasteiger charge is -2.24. The fraction of sp³-hybridized carbons (Fsp3) is 0.211. The van der Waals surface area contributed by atoms with Crippen molar-refractivity contribution in [1.82, 2.24) is 4.90 Å². The molecule has 0 saturated heterocycles. The van der Waals surface area contributed by atoms with Crippen molar-refractivity contribution < 1.29 is 22.9 Å². The summed E-state index contributed by atoms with van der Waals surface area (Å²) in [6.45, 7) is 1.70. The Labute approximate surface area is 153 Å². The quantitative estimate of drug-likeness (QED) is 0.425. The number of likely N-dealkylation sites (N-methyl/N-ethyl adjacent to an activating group) is 1. The van der Waals surface area contributed by atoms with Gasteiger partial charge in [-0.2, -0.15) is 13.2 Å². The largest absolute Gasteiger partial charge is 0.416 e. The molecule has 142 valence electrons. The number of halogens is 3. The first-order valence-corrected chi connectivity index (χ1v) is 7.96.